The third-order valence-corrected chi connectivity index (χ3v) is 12.2. The van der Waals surface area contributed by atoms with Crippen LogP contribution in [0.15, 0.2) is 82.6 Å². The highest BCUT2D eigenvalue weighted by Crippen LogP contribution is 2.62. The summed E-state index contributed by atoms with van der Waals surface area (Å²) in [5.74, 6) is 0.712. The number of fused-ring (bicyclic) bond motifs is 2. The van der Waals surface area contributed by atoms with Crippen molar-refractivity contribution in [2.45, 2.75) is 87.0 Å². The van der Waals surface area contributed by atoms with E-state index in [0.29, 0.717) is 23.6 Å². The number of para-hydroxylation sites is 2. The second-order valence-corrected chi connectivity index (χ2v) is 14.9. The second kappa shape index (κ2) is 13.5. The molecule has 9 heteroatoms. The molecule has 8 rings (SSSR count). The van der Waals surface area contributed by atoms with Crippen LogP contribution in [0.4, 0.5) is 11.4 Å². The minimum Gasteiger partial charge on any atom is -0.481 e. The quantitative estimate of drug-likeness (QED) is 0.149. The first-order valence-corrected chi connectivity index (χ1v) is 18.4. The lowest BCUT2D eigenvalue weighted by Crippen LogP contribution is -2.65. The molecule has 0 radical (unpaired) electrons. The van der Waals surface area contributed by atoms with Crippen molar-refractivity contribution in [1.82, 2.24) is 9.80 Å². The molecule has 0 amide bonds. The third-order valence-electron chi connectivity index (χ3n) is 11.1. The number of anilines is 2. The summed E-state index contributed by atoms with van der Waals surface area (Å²) in [5, 5.41) is 0. The summed E-state index contributed by atoms with van der Waals surface area (Å²) < 4.78 is 17.5. The molecule has 1 fully saturated rings. The van der Waals surface area contributed by atoms with Gasteiger partial charge in [0.2, 0.25) is 0 Å². The van der Waals surface area contributed by atoms with Gasteiger partial charge in [-0.1, -0.05) is 62.0 Å². The smallest absolute Gasteiger partial charge is 0.308 e. The van der Waals surface area contributed by atoms with E-state index in [1.807, 2.05) is 23.9 Å². The number of nitrogens with zero attached hydrogens (tertiary/aromatic N) is 3. The normalized spacial score (nSPS) is 26.0. The first kappa shape index (κ1) is 33.7. The lowest BCUT2D eigenvalue weighted by atomic mass is 9.53. The van der Waals surface area contributed by atoms with Gasteiger partial charge in [0, 0.05) is 59.2 Å². The van der Waals surface area contributed by atoms with Crippen LogP contribution < -0.4 is 14.4 Å². The predicted octanol–water partition coefficient (Wildman–Crippen LogP) is 7.01. The number of hydrogen-bond donors (Lipinski definition) is 0. The maximum atomic E-state index is 11.7. The topological polar surface area (TPSA) is 71.5 Å². The molecular weight excluding hydrogens is 635 g/mol. The highest BCUT2D eigenvalue weighted by Gasteiger charge is 2.65. The maximum absolute atomic E-state index is 11.7. The molecule has 0 saturated carbocycles. The standard InChI is InChI=1S/C21H23NO5.C19H24N2S/c1-11(23)25-16-6-4-13-10-15-14-5-7-17(26-12(2)24)20-21(14,8-9-22(15)3)18(13)19(16)27-20;1-4-20(5-2)15(3)14-21-16-10-6-8-12-18(16)22-19-13-9-7-11-17(19)21/h4-7,14-15,17,20H,8-10H2,1-3H3;6-13,15H,4-5,14H2,1-3H3/t14-,15+,17-,20-,21-;/m0./s1. The SMILES string of the molecule is CC(=O)Oc1ccc2c3c1O[C@H]1[C@@H](OC(C)=O)C=C[C@H]4[C@@H](C2)N(C)CC[C@@]341.CCN(CC)C(C)CN1c2ccccc2Sc2ccccc21. The van der Waals surface area contributed by atoms with E-state index < -0.39 is 6.10 Å². The summed E-state index contributed by atoms with van der Waals surface area (Å²) in [7, 11) is 2.17. The predicted molar refractivity (Wildman–Crippen MR) is 193 cm³/mol. The van der Waals surface area contributed by atoms with Crippen LogP contribution in [0.3, 0.4) is 0 Å². The number of likely N-dealkylation sites (tertiary alicyclic amines) is 1. The number of hydrogen-bond acceptors (Lipinski definition) is 9. The van der Waals surface area contributed by atoms with Gasteiger partial charge in [-0.15, -0.1) is 0 Å². The van der Waals surface area contributed by atoms with E-state index >= 15 is 0 Å². The van der Waals surface area contributed by atoms with Gasteiger partial charge in [-0.3, -0.25) is 14.5 Å². The van der Waals surface area contributed by atoms with Crippen LogP contribution in [0.25, 0.3) is 0 Å². The Hall–Kier alpha value is -3.79. The summed E-state index contributed by atoms with van der Waals surface area (Å²) in [4.78, 5) is 33.4. The van der Waals surface area contributed by atoms with E-state index in [1.165, 1.54) is 40.6 Å². The van der Waals surface area contributed by atoms with Gasteiger partial charge in [-0.25, -0.2) is 0 Å². The zero-order valence-electron chi connectivity index (χ0n) is 29.3. The Morgan fingerprint density at radius 2 is 1.65 bits per heavy atom. The van der Waals surface area contributed by atoms with E-state index in [9.17, 15) is 9.59 Å². The Labute approximate surface area is 294 Å². The molecule has 258 valence electrons. The van der Waals surface area contributed by atoms with E-state index in [-0.39, 0.29) is 29.4 Å². The Bertz CT molecular complexity index is 1730. The van der Waals surface area contributed by atoms with Gasteiger partial charge in [0.1, 0.15) is 6.10 Å². The van der Waals surface area contributed by atoms with Gasteiger partial charge < -0.3 is 24.0 Å². The van der Waals surface area contributed by atoms with E-state index in [1.54, 1.807) is 0 Å². The summed E-state index contributed by atoms with van der Waals surface area (Å²) in [5.41, 5.74) is 4.83. The van der Waals surface area contributed by atoms with E-state index in [0.717, 1.165) is 44.6 Å². The Balaban J connectivity index is 0.000000158. The molecule has 3 aliphatic heterocycles. The minimum absolute atomic E-state index is 0.245. The number of carbonyl (C=O) groups excluding carboxylic acids is 2. The number of ether oxygens (including phenoxy) is 3. The van der Waals surface area contributed by atoms with E-state index in [4.69, 9.17) is 14.2 Å². The van der Waals surface area contributed by atoms with Gasteiger partial charge in [0.15, 0.2) is 17.6 Å². The number of benzene rings is 3. The molecule has 49 heavy (non-hydrogen) atoms. The zero-order chi connectivity index (χ0) is 34.4. The fourth-order valence-corrected chi connectivity index (χ4v) is 10.0. The largest absolute Gasteiger partial charge is 0.481 e. The van der Waals surface area contributed by atoms with Gasteiger partial charge in [-0.2, -0.15) is 0 Å². The number of likely N-dealkylation sites (N-methyl/N-ethyl adjacent to an activating group) is 2. The Morgan fingerprint density at radius 3 is 2.29 bits per heavy atom. The molecule has 8 nitrogen and oxygen atoms in total. The average molecular weight is 682 g/mol. The van der Waals surface area contributed by atoms with Crippen molar-refractivity contribution in [3.63, 3.8) is 0 Å². The third kappa shape index (κ3) is 5.83. The summed E-state index contributed by atoms with van der Waals surface area (Å²) in [6, 6.07) is 22.3. The number of carbonyl (C=O) groups is 2. The molecule has 2 aliphatic carbocycles. The molecule has 1 saturated heterocycles. The molecule has 1 spiro atoms. The highest BCUT2D eigenvalue weighted by atomic mass is 32.2. The molecule has 0 N–H and O–H groups in total. The summed E-state index contributed by atoms with van der Waals surface area (Å²) in [6.45, 7) is 13.8. The van der Waals surface area contributed by atoms with Crippen molar-refractivity contribution in [3.8, 4) is 11.5 Å². The van der Waals surface area contributed by atoms with Crippen molar-refractivity contribution < 1.29 is 23.8 Å². The molecule has 2 bridgehead atoms. The fraction of sp³-hybridized carbons (Fsp3) is 0.450. The average Bonchev–Trinajstić information content (AvgIpc) is 3.44. The summed E-state index contributed by atoms with van der Waals surface area (Å²) in [6.07, 6.45) is 5.31. The van der Waals surface area contributed by atoms with Crippen LogP contribution >= 0.6 is 11.8 Å². The molecule has 0 aromatic heterocycles. The molecule has 6 atom stereocenters. The Morgan fingerprint density at radius 1 is 0.980 bits per heavy atom. The molecule has 3 aromatic carbocycles. The van der Waals surface area contributed by atoms with Crippen LogP contribution in [0, 0.1) is 5.92 Å². The lowest BCUT2D eigenvalue weighted by Gasteiger charge is -2.56. The highest BCUT2D eigenvalue weighted by molar-refractivity contribution is 7.99. The molecule has 5 aliphatic rings. The van der Waals surface area contributed by atoms with Crippen LogP contribution in [0.5, 0.6) is 11.5 Å². The lowest BCUT2D eigenvalue weighted by molar-refractivity contribution is -0.152. The van der Waals surface area contributed by atoms with Crippen LogP contribution in [0.2, 0.25) is 0 Å². The monoisotopic (exact) mass is 681 g/mol. The van der Waals surface area contributed by atoms with Crippen molar-refractivity contribution in [1.29, 1.82) is 0 Å². The van der Waals surface area contributed by atoms with Crippen molar-refractivity contribution in [2.24, 2.45) is 5.92 Å². The van der Waals surface area contributed by atoms with Crippen molar-refractivity contribution in [2.75, 3.05) is 38.1 Å². The van der Waals surface area contributed by atoms with Crippen LogP contribution in [0.1, 0.15) is 52.2 Å². The molecule has 3 heterocycles. The van der Waals surface area contributed by atoms with E-state index in [2.05, 4.69) is 103 Å². The molecule has 3 aromatic rings. The summed E-state index contributed by atoms with van der Waals surface area (Å²) >= 11 is 1.88. The van der Waals surface area contributed by atoms with Gasteiger partial charge >= 0.3 is 11.9 Å². The molecule has 1 unspecified atom stereocenters. The fourth-order valence-electron chi connectivity index (χ4n) is 8.94. The van der Waals surface area contributed by atoms with Crippen LogP contribution in [-0.2, 0) is 26.2 Å². The number of piperidine rings is 1. The Kier molecular flexibility index (Phi) is 9.28. The maximum Gasteiger partial charge on any atom is 0.308 e. The second-order valence-electron chi connectivity index (χ2n) is 13.8. The van der Waals surface area contributed by atoms with Gasteiger partial charge in [0.05, 0.1) is 11.4 Å². The van der Waals surface area contributed by atoms with Crippen molar-refractivity contribution in [3.05, 3.63) is 83.9 Å². The first-order valence-electron chi connectivity index (χ1n) is 17.6. The van der Waals surface area contributed by atoms with Crippen LogP contribution in [-0.4, -0.2) is 79.3 Å². The number of rotatable bonds is 7. The van der Waals surface area contributed by atoms with Crippen molar-refractivity contribution >= 4 is 35.1 Å². The number of esters is 2. The molecular formula is C40H47N3O5S. The minimum atomic E-state index is -0.439. The van der Waals surface area contributed by atoms with Gasteiger partial charge in [-0.05, 0) is 88.4 Å². The first-order chi connectivity index (χ1) is 23.7. The zero-order valence-corrected chi connectivity index (χ0v) is 30.2. The van der Waals surface area contributed by atoms with Gasteiger partial charge in [0.25, 0.3) is 0 Å².